The molecule has 1 fully saturated rings. The van der Waals surface area contributed by atoms with Crippen LogP contribution in [-0.2, 0) is 0 Å². The highest BCUT2D eigenvalue weighted by Gasteiger charge is 2.25. The van der Waals surface area contributed by atoms with Crippen LogP contribution in [0.4, 0.5) is 16.0 Å². The van der Waals surface area contributed by atoms with E-state index in [1.54, 1.807) is 12.2 Å². The zero-order chi connectivity index (χ0) is 22.5. The number of rotatable bonds is 7. The second-order valence-corrected chi connectivity index (χ2v) is 7.15. The van der Waals surface area contributed by atoms with Gasteiger partial charge in [-0.2, -0.15) is 4.98 Å². The first-order valence-electron chi connectivity index (χ1n) is 10.2. The van der Waals surface area contributed by atoms with Gasteiger partial charge in [-0.05, 0) is 6.07 Å². The van der Waals surface area contributed by atoms with Gasteiger partial charge in [-0.3, -0.25) is 0 Å². The van der Waals surface area contributed by atoms with Gasteiger partial charge in [-0.25, -0.2) is 19.3 Å². The van der Waals surface area contributed by atoms with E-state index in [9.17, 15) is 4.39 Å². The maximum absolute atomic E-state index is 13.3. The molecular weight excluding hydrogens is 411 g/mol. The van der Waals surface area contributed by atoms with Crippen molar-refractivity contribution >= 4 is 23.8 Å². The third-order valence-electron chi connectivity index (χ3n) is 5.14. The Hall–Kier alpha value is -4.01. The van der Waals surface area contributed by atoms with Gasteiger partial charge in [0.1, 0.15) is 24.0 Å². The first-order valence-corrected chi connectivity index (χ1v) is 10.2. The number of nitrogens with zero attached hydrogens (tertiary/aromatic N) is 5. The number of ether oxygens (including phenoxy) is 2. The van der Waals surface area contributed by atoms with E-state index < -0.39 is 5.82 Å². The van der Waals surface area contributed by atoms with Crippen molar-refractivity contribution in [3.05, 3.63) is 66.9 Å². The molecule has 0 aliphatic carbocycles. The molecule has 0 radical (unpaired) electrons. The van der Waals surface area contributed by atoms with E-state index in [2.05, 4.69) is 38.0 Å². The molecule has 0 unspecified atom stereocenters. The number of para-hydroxylation sites is 1. The summed E-state index contributed by atoms with van der Waals surface area (Å²) >= 11 is 0. The van der Waals surface area contributed by atoms with E-state index in [-0.39, 0.29) is 17.9 Å². The Morgan fingerprint density at radius 2 is 1.88 bits per heavy atom. The van der Waals surface area contributed by atoms with Gasteiger partial charge in [-0.15, -0.1) is 0 Å². The predicted octanol–water partition coefficient (Wildman–Crippen LogP) is 4.11. The first kappa shape index (κ1) is 21.2. The van der Waals surface area contributed by atoms with Gasteiger partial charge >= 0.3 is 6.01 Å². The molecule has 0 amide bonds. The van der Waals surface area contributed by atoms with Crippen LogP contribution in [0.25, 0.3) is 12.2 Å². The fraction of sp³-hybridized carbons (Fsp3) is 0.217. The Morgan fingerprint density at radius 3 is 2.59 bits per heavy atom. The number of aromatic nitrogens is 4. The number of halogens is 1. The van der Waals surface area contributed by atoms with Crippen molar-refractivity contribution in [3.63, 3.8) is 0 Å². The second kappa shape index (κ2) is 9.42. The minimum atomic E-state index is -0.665. The van der Waals surface area contributed by atoms with E-state index in [0.717, 1.165) is 17.6 Å². The molecule has 9 heteroatoms. The molecule has 8 nitrogen and oxygen atoms in total. The molecule has 0 atom stereocenters. The number of hydrogen-bond acceptors (Lipinski definition) is 8. The standard InChI is InChI=1S/C23H23FN6O2/c1-3-15-7-5-6-8-19(15)32-22-17(4-2)21(27-14-28-22)30-11-9-16(10-12-30)31-23-26-13-18(24)20(25)29-23/h3-8,13-14,16H,1-2,9-12H2,(H2,25,26,29). The molecule has 1 aliphatic rings. The summed E-state index contributed by atoms with van der Waals surface area (Å²) in [7, 11) is 0. The Kier molecular flexibility index (Phi) is 6.25. The Balaban J connectivity index is 1.47. The van der Waals surface area contributed by atoms with Gasteiger partial charge in [-0.1, -0.05) is 43.5 Å². The summed E-state index contributed by atoms with van der Waals surface area (Å²) in [6.07, 6.45) is 7.21. The summed E-state index contributed by atoms with van der Waals surface area (Å²) in [5.41, 5.74) is 7.06. The zero-order valence-electron chi connectivity index (χ0n) is 17.4. The van der Waals surface area contributed by atoms with E-state index in [1.807, 2.05) is 24.3 Å². The van der Waals surface area contributed by atoms with Crippen LogP contribution >= 0.6 is 0 Å². The van der Waals surface area contributed by atoms with Crippen molar-refractivity contribution in [2.24, 2.45) is 0 Å². The molecule has 2 aromatic heterocycles. The summed E-state index contributed by atoms with van der Waals surface area (Å²) in [5.74, 6) is 0.923. The molecule has 0 spiro atoms. The van der Waals surface area contributed by atoms with Gasteiger partial charge in [0.25, 0.3) is 0 Å². The van der Waals surface area contributed by atoms with Crippen molar-refractivity contribution in [2.45, 2.75) is 18.9 Å². The normalized spacial score (nSPS) is 14.1. The highest BCUT2D eigenvalue weighted by atomic mass is 19.1. The molecule has 3 heterocycles. The molecule has 164 valence electrons. The molecule has 1 aromatic carbocycles. The van der Waals surface area contributed by atoms with Crippen molar-refractivity contribution in [3.8, 4) is 17.6 Å². The third kappa shape index (κ3) is 4.51. The Bertz CT molecular complexity index is 1130. The van der Waals surface area contributed by atoms with Crippen LogP contribution in [0.2, 0.25) is 0 Å². The largest absolute Gasteiger partial charge is 0.460 e. The third-order valence-corrected chi connectivity index (χ3v) is 5.14. The molecule has 2 N–H and O–H groups in total. The van der Waals surface area contributed by atoms with Gasteiger partial charge < -0.3 is 20.1 Å². The summed E-state index contributed by atoms with van der Waals surface area (Å²) in [6, 6.07) is 7.66. The average Bonchev–Trinajstić information content (AvgIpc) is 2.82. The van der Waals surface area contributed by atoms with Crippen molar-refractivity contribution in [1.29, 1.82) is 0 Å². The van der Waals surface area contributed by atoms with Crippen molar-refractivity contribution in [2.75, 3.05) is 23.7 Å². The van der Waals surface area contributed by atoms with Gasteiger partial charge in [0.2, 0.25) is 5.88 Å². The number of anilines is 2. The van der Waals surface area contributed by atoms with Crippen LogP contribution in [0, 0.1) is 5.82 Å². The number of hydrogen-bond donors (Lipinski definition) is 1. The highest BCUT2D eigenvalue weighted by molar-refractivity contribution is 5.68. The second-order valence-electron chi connectivity index (χ2n) is 7.15. The zero-order valence-corrected chi connectivity index (χ0v) is 17.4. The van der Waals surface area contributed by atoms with Crippen LogP contribution in [0.1, 0.15) is 24.0 Å². The molecule has 32 heavy (non-hydrogen) atoms. The quantitative estimate of drug-likeness (QED) is 0.593. The fourth-order valence-corrected chi connectivity index (χ4v) is 3.48. The first-order chi connectivity index (χ1) is 15.6. The summed E-state index contributed by atoms with van der Waals surface area (Å²) < 4.78 is 25.1. The van der Waals surface area contributed by atoms with E-state index in [4.69, 9.17) is 15.2 Å². The number of piperidine rings is 1. The summed E-state index contributed by atoms with van der Waals surface area (Å²) in [4.78, 5) is 18.6. The van der Waals surface area contributed by atoms with Crippen LogP contribution in [-0.4, -0.2) is 39.1 Å². The Morgan fingerprint density at radius 1 is 1.09 bits per heavy atom. The predicted molar refractivity (Wildman–Crippen MR) is 121 cm³/mol. The monoisotopic (exact) mass is 434 g/mol. The lowest BCUT2D eigenvalue weighted by atomic mass is 10.1. The molecule has 3 aromatic rings. The Labute approximate surface area is 185 Å². The van der Waals surface area contributed by atoms with Crippen LogP contribution < -0.4 is 20.1 Å². The van der Waals surface area contributed by atoms with Gasteiger partial charge in [0.15, 0.2) is 11.6 Å². The average molecular weight is 434 g/mol. The number of nitrogens with two attached hydrogens (primary N) is 1. The molecule has 0 bridgehead atoms. The molecule has 1 aliphatic heterocycles. The lowest BCUT2D eigenvalue weighted by Crippen LogP contribution is -2.39. The lowest BCUT2D eigenvalue weighted by molar-refractivity contribution is 0.156. The van der Waals surface area contributed by atoms with E-state index in [1.165, 1.54) is 6.33 Å². The minimum Gasteiger partial charge on any atom is -0.460 e. The van der Waals surface area contributed by atoms with Gasteiger partial charge in [0.05, 0.1) is 11.8 Å². The number of nitrogen functional groups attached to an aromatic ring is 1. The van der Waals surface area contributed by atoms with Gasteiger partial charge in [0, 0.05) is 31.5 Å². The van der Waals surface area contributed by atoms with Crippen LogP contribution in [0.3, 0.4) is 0 Å². The van der Waals surface area contributed by atoms with Crippen molar-refractivity contribution in [1.82, 2.24) is 19.9 Å². The van der Waals surface area contributed by atoms with Crippen molar-refractivity contribution < 1.29 is 13.9 Å². The molecular formula is C23H23FN6O2. The van der Waals surface area contributed by atoms with Crippen LogP contribution in [0.15, 0.2) is 49.9 Å². The molecule has 1 saturated heterocycles. The topological polar surface area (TPSA) is 99.3 Å². The molecule has 4 rings (SSSR count). The van der Waals surface area contributed by atoms with E-state index in [0.29, 0.717) is 43.1 Å². The highest BCUT2D eigenvalue weighted by Crippen LogP contribution is 2.33. The minimum absolute atomic E-state index is 0.0766. The maximum Gasteiger partial charge on any atom is 0.318 e. The summed E-state index contributed by atoms with van der Waals surface area (Å²) in [6.45, 7) is 9.12. The fourth-order valence-electron chi connectivity index (χ4n) is 3.48. The lowest BCUT2D eigenvalue weighted by Gasteiger charge is -2.33. The molecule has 0 saturated carbocycles. The van der Waals surface area contributed by atoms with E-state index >= 15 is 0 Å². The smallest absolute Gasteiger partial charge is 0.318 e. The SMILES string of the molecule is C=Cc1ccccc1Oc1ncnc(N2CCC(Oc3ncc(F)c(N)n3)CC2)c1C=C. The summed E-state index contributed by atoms with van der Waals surface area (Å²) in [5, 5.41) is 0. The van der Waals surface area contributed by atoms with Crippen LogP contribution in [0.5, 0.6) is 17.6 Å². The number of benzene rings is 1. The maximum atomic E-state index is 13.3.